The van der Waals surface area contributed by atoms with Gasteiger partial charge >= 0.3 is 5.97 Å². The molecule has 1 heterocycles. The number of ether oxygens (including phenoxy) is 2. The average molecular weight is 459 g/mol. The number of rotatable bonds is 7. The van der Waals surface area contributed by atoms with Crippen molar-refractivity contribution in [3.8, 4) is 5.75 Å². The zero-order chi connectivity index (χ0) is 23.4. The Labute approximate surface area is 189 Å². The maximum atomic E-state index is 13.3. The first-order chi connectivity index (χ1) is 15.3. The number of halogens is 1. The second-order valence-corrected chi connectivity index (χ2v) is 7.53. The number of carbonyl (C=O) groups is 3. The van der Waals surface area contributed by atoms with Crippen LogP contribution in [-0.4, -0.2) is 54.3 Å². The number of esters is 1. The first-order valence-electron chi connectivity index (χ1n) is 9.77. The molecule has 0 aliphatic rings. The van der Waals surface area contributed by atoms with Crippen LogP contribution in [0.5, 0.6) is 5.75 Å². The van der Waals surface area contributed by atoms with Crippen molar-refractivity contribution < 1.29 is 29.0 Å². The lowest BCUT2D eigenvalue weighted by molar-refractivity contribution is -0.146. The maximum absolute atomic E-state index is 13.3. The van der Waals surface area contributed by atoms with Crippen LogP contribution >= 0.6 is 11.6 Å². The maximum Gasteiger partial charge on any atom is 0.330 e. The Morgan fingerprint density at radius 2 is 1.81 bits per heavy atom. The first-order valence-corrected chi connectivity index (χ1v) is 10.1. The summed E-state index contributed by atoms with van der Waals surface area (Å²) in [4.78, 5) is 37.7. The number of carbonyl (C=O) groups excluding carboxylic acids is 3. The second kappa shape index (κ2) is 9.84. The zero-order valence-electron chi connectivity index (χ0n) is 17.8. The number of hydrogen-bond donors (Lipinski definition) is 2. The summed E-state index contributed by atoms with van der Waals surface area (Å²) in [5.41, 5.74) is 2.22. The average Bonchev–Trinajstić information content (AvgIpc) is 3.07. The highest BCUT2D eigenvalue weighted by Crippen LogP contribution is 2.31. The predicted molar refractivity (Wildman–Crippen MR) is 119 cm³/mol. The summed E-state index contributed by atoms with van der Waals surface area (Å²) in [7, 11) is 2.70. The Morgan fingerprint density at radius 3 is 2.41 bits per heavy atom. The molecule has 1 amide bonds. The lowest BCUT2D eigenvalue weighted by Crippen LogP contribution is -2.44. The van der Waals surface area contributed by atoms with Gasteiger partial charge in [-0.05, 0) is 55.0 Å². The molecule has 0 spiro atoms. The summed E-state index contributed by atoms with van der Waals surface area (Å²) in [6, 6.07) is 10.6. The van der Waals surface area contributed by atoms with Crippen LogP contribution in [0.1, 0.15) is 21.6 Å². The van der Waals surface area contributed by atoms with Crippen LogP contribution in [0.25, 0.3) is 10.9 Å². The second-order valence-electron chi connectivity index (χ2n) is 7.10. The lowest BCUT2D eigenvalue weighted by atomic mass is 10.1. The molecule has 8 nitrogen and oxygen atoms in total. The third kappa shape index (κ3) is 4.61. The number of aromatic nitrogens is 1. The van der Waals surface area contributed by atoms with Gasteiger partial charge < -0.3 is 19.9 Å². The number of amides is 1. The number of fused-ring (bicyclic) bond motifs is 1. The van der Waals surface area contributed by atoms with Crippen LogP contribution < -0.4 is 10.1 Å². The van der Waals surface area contributed by atoms with Crippen molar-refractivity contribution in [2.45, 2.75) is 19.4 Å². The first kappa shape index (κ1) is 23.3. The monoisotopic (exact) mass is 458 g/mol. The topological polar surface area (TPSA) is 107 Å². The molecule has 0 aliphatic heterocycles. The molecular weight excluding hydrogens is 436 g/mol. The van der Waals surface area contributed by atoms with Crippen molar-refractivity contribution in [3.05, 3.63) is 64.3 Å². The number of aliphatic hydroxyl groups excluding tert-OH is 1. The third-order valence-corrected chi connectivity index (χ3v) is 5.43. The van der Waals surface area contributed by atoms with E-state index in [1.807, 2.05) is 0 Å². The van der Waals surface area contributed by atoms with Crippen LogP contribution in [0, 0.1) is 6.92 Å². The van der Waals surface area contributed by atoms with Gasteiger partial charge in [0.25, 0.3) is 5.91 Å². The van der Waals surface area contributed by atoms with E-state index in [0.717, 1.165) is 0 Å². The molecule has 3 rings (SSSR count). The summed E-state index contributed by atoms with van der Waals surface area (Å²) in [6.07, 6.45) is -0.121. The van der Waals surface area contributed by atoms with E-state index >= 15 is 0 Å². The molecule has 0 radical (unpaired) electrons. The molecule has 2 N–H and O–H groups in total. The van der Waals surface area contributed by atoms with Crippen LogP contribution in [0.2, 0.25) is 5.02 Å². The van der Waals surface area contributed by atoms with E-state index in [4.69, 9.17) is 16.3 Å². The van der Waals surface area contributed by atoms with E-state index in [2.05, 4.69) is 10.1 Å². The van der Waals surface area contributed by atoms with Crippen molar-refractivity contribution in [1.82, 2.24) is 9.88 Å². The fourth-order valence-electron chi connectivity index (χ4n) is 3.52. The van der Waals surface area contributed by atoms with Crippen molar-refractivity contribution in [2.24, 2.45) is 0 Å². The number of hydrogen-bond acceptors (Lipinski definition) is 6. The molecule has 0 fully saturated rings. The van der Waals surface area contributed by atoms with Crippen molar-refractivity contribution in [3.63, 3.8) is 0 Å². The summed E-state index contributed by atoms with van der Waals surface area (Å²) in [5.74, 6) is -0.959. The Hall–Kier alpha value is -3.36. The molecule has 3 aromatic rings. The molecule has 2 aromatic carbocycles. The van der Waals surface area contributed by atoms with Gasteiger partial charge in [0.15, 0.2) is 6.04 Å². The van der Waals surface area contributed by atoms with Crippen molar-refractivity contribution >= 4 is 40.3 Å². The molecular formula is C23H23ClN2O6. The van der Waals surface area contributed by atoms with E-state index in [9.17, 15) is 19.5 Å². The lowest BCUT2D eigenvalue weighted by Gasteiger charge is -2.14. The minimum Gasteiger partial charge on any atom is -0.497 e. The van der Waals surface area contributed by atoms with Gasteiger partial charge in [-0.15, -0.1) is 0 Å². The molecule has 0 saturated carbocycles. The highest BCUT2D eigenvalue weighted by atomic mass is 35.5. The van der Waals surface area contributed by atoms with E-state index in [-0.39, 0.29) is 12.3 Å². The fourth-order valence-corrected chi connectivity index (χ4v) is 3.65. The Balaban J connectivity index is 2.05. The van der Waals surface area contributed by atoms with Crippen LogP contribution in [0.4, 0.5) is 0 Å². The van der Waals surface area contributed by atoms with Crippen LogP contribution in [-0.2, 0) is 20.7 Å². The van der Waals surface area contributed by atoms with Gasteiger partial charge in [-0.3, -0.25) is 14.2 Å². The summed E-state index contributed by atoms with van der Waals surface area (Å²) in [5, 5.41) is 13.0. The Kier molecular flexibility index (Phi) is 7.17. The van der Waals surface area contributed by atoms with Gasteiger partial charge in [0.1, 0.15) is 5.75 Å². The minimum atomic E-state index is -1.17. The van der Waals surface area contributed by atoms with Gasteiger partial charge in [0, 0.05) is 21.7 Å². The number of nitrogens with one attached hydrogen (secondary N) is 1. The largest absolute Gasteiger partial charge is 0.497 e. The molecule has 9 heteroatoms. The van der Waals surface area contributed by atoms with E-state index in [1.165, 1.54) is 18.8 Å². The number of nitrogens with zero attached hydrogens (tertiary/aromatic N) is 1. The summed E-state index contributed by atoms with van der Waals surface area (Å²) < 4.78 is 11.4. The van der Waals surface area contributed by atoms with Gasteiger partial charge in [-0.2, -0.15) is 0 Å². The number of aliphatic hydroxyl groups is 1. The normalized spacial score (nSPS) is 11.8. The highest BCUT2D eigenvalue weighted by molar-refractivity contribution is 6.30. The quantitative estimate of drug-likeness (QED) is 0.527. The number of methoxy groups -OCH3 is 2. The third-order valence-electron chi connectivity index (χ3n) is 5.18. The van der Waals surface area contributed by atoms with Crippen LogP contribution in [0.15, 0.2) is 42.5 Å². The minimum absolute atomic E-state index is 0.121. The van der Waals surface area contributed by atoms with Crippen LogP contribution in [0.3, 0.4) is 0 Å². The Morgan fingerprint density at radius 1 is 1.12 bits per heavy atom. The summed E-state index contributed by atoms with van der Waals surface area (Å²) in [6.45, 7) is 1.15. The standard InChI is InChI=1S/C23H23ClN2O6/c1-13-17(11-21(28)25-19(12-27)23(30)32-3)18-10-16(31-2)8-9-20(18)26(13)22(29)14-4-6-15(24)7-5-14/h4-10,19,27H,11-12H2,1-3H3,(H,25,28). The molecule has 0 aliphatic carbocycles. The number of benzene rings is 2. The van der Waals surface area contributed by atoms with E-state index in [0.29, 0.717) is 38.5 Å². The molecule has 1 aromatic heterocycles. The SMILES string of the molecule is COC(=O)C(CO)NC(=O)Cc1c(C)n(C(=O)c2ccc(Cl)cc2)c2ccc(OC)cc12. The molecule has 168 valence electrons. The van der Waals surface area contributed by atoms with Crippen molar-refractivity contribution in [1.29, 1.82) is 0 Å². The smallest absolute Gasteiger partial charge is 0.330 e. The molecule has 0 saturated heterocycles. The molecule has 1 unspecified atom stereocenters. The highest BCUT2D eigenvalue weighted by Gasteiger charge is 2.25. The Bertz CT molecular complexity index is 1170. The van der Waals surface area contributed by atoms with Gasteiger partial charge in [0.2, 0.25) is 5.91 Å². The molecule has 32 heavy (non-hydrogen) atoms. The molecule has 0 bridgehead atoms. The van der Waals surface area contributed by atoms with E-state index in [1.54, 1.807) is 49.4 Å². The van der Waals surface area contributed by atoms with Gasteiger partial charge in [0.05, 0.1) is 32.8 Å². The van der Waals surface area contributed by atoms with E-state index < -0.39 is 24.5 Å². The predicted octanol–water partition coefficient (Wildman–Crippen LogP) is 2.49. The fraction of sp³-hybridized carbons (Fsp3) is 0.261. The van der Waals surface area contributed by atoms with Gasteiger partial charge in [-0.1, -0.05) is 11.6 Å². The summed E-state index contributed by atoms with van der Waals surface area (Å²) >= 11 is 5.94. The van der Waals surface area contributed by atoms with Gasteiger partial charge in [-0.25, -0.2) is 4.79 Å². The molecule has 1 atom stereocenters. The zero-order valence-corrected chi connectivity index (χ0v) is 18.6. The van der Waals surface area contributed by atoms with Crippen molar-refractivity contribution in [2.75, 3.05) is 20.8 Å².